The zero-order chi connectivity index (χ0) is 15.5. The highest BCUT2D eigenvalue weighted by Crippen LogP contribution is 2.16. The van der Waals surface area contributed by atoms with E-state index in [0.717, 1.165) is 12.0 Å². The second kappa shape index (κ2) is 5.77. The van der Waals surface area contributed by atoms with E-state index in [-0.39, 0.29) is 11.8 Å². The first kappa shape index (κ1) is 13.9. The molecule has 1 aromatic carbocycles. The molecule has 6 heteroatoms. The average molecular weight is 292 g/mol. The van der Waals surface area contributed by atoms with Gasteiger partial charge in [-0.2, -0.15) is 9.97 Å². The van der Waals surface area contributed by atoms with E-state index in [0.29, 0.717) is 16.9 Å². The number of aryl methyl sites for hydroxylation is 1. The number of rotatable bonds is 3. The van der Waals surface area contributed by atoms with E-state index in [2.05, 4.69) is 51.1 Å². The van der Waals surface area contributed by atoms with Gasteiger partial charge in [0.15, 0.2) is 17.0 Å². The molecule has 110 valence electrons. The van der Waals surface area contributed by atoms with Crippen LogP contribution >= 0.6 is 0 Å². The van der Waals surface area contributed by atoms with E-state index >= 15 is 0 Å². The standard InChI is InChI=1S/C16H16N6/c1-2-10-3-5-11(6-4-10)7-8-12-9-19-15-13(20-12)14(17)21-16(18)22-15/h3-9H,2H2,1H3,(H4,17,18,19,21,22)/b8-7+. The summed E-state index contributed by atoms with van der Waals surface area (Å²) < 4.78 is 0. The van der Waals surface area contributed by atoms with Crippen LogP contribution in [0.4, 0.5) is 11.8 Å². The summed E-state index contributed by atoms with van der Waals surface area (Å²) in [5, 5.41) is 0. The van der Waals surface area contributed by atoms with E-state index < -0.39 is 0 Å². The highest BCUT2D eigenvalue weighted by molar-refractivity contribution is 5.83. The third kappa shape index (κ3) is 2.85. The summed E-state index contributed by atoms with van der Waals surface area (Å²) in [6, 6.07) is 8.37. The van der Waals surface area contributed by atoms with Crippen molar-refractivity contribution in [3.63, 3.8) is 0 Å². The maximum Gasteiger partial charge on any atom is 0.224 e. The number of benzene rings is 1. The molecule has 0 aliphatic rings. The lowest BCUT2D eigenvalue weighted by atomic mass is 10.1. The molecule has 0 spiro atoms. The average Bonchev–Trinajstić information content (AvgIpc) is 2.53. The first-order valence-electron chi connectivity index (χ1n) is 6.98. The minimum absolute atomic E-state index is 0.0959. The molecule has 2 heterocycles. The maximum absolute atomic E-state index is 5.81. The zero-order valence-corrected chi connectivity index (χ0v) is 12.2. The molecule has 0 saturated carbocycles. The van der Waals surface area contributed by atoms with Gasteiger partial charge in [-0.25, -0.2) is 9.97 Å². The van der Waals surface area contributed by atoms with Crippen LogP contribution in [0.3, 0.4) is 0 Å². The molecule has 0 fully saturated rings. The van der Waals surface area contributed by atoms with E-state index in [1.807, 2.05) is 12.2 Å². The summed E-state index contributed by atoms with van der Waals surface area (Å²) in [6.45, 7) is 2.13. The number of nitrogen functional groups attached to an aromatic ring is 2. The fourth-order valence-corrected chi connectivity index (χ4v) is 2.09. The second-order valence-corrected chi connectivity index (χ2v) is 4.86. The summed E-state index contributed by atoms with van der Waals surface area (Å²) in [5.74, 6) is 0.330. The molecule has 3 aromatic rings. The maximum atomic E-state index is 5.81. The number of aromatic nitrogens is 4. The molecule has 0 saturated heterocycles. The van der Waals surface area contributed by atoms with Gasteiger partial charge in [0.1, 0.15) is 0 Å². The van der Waals surface area contributed by atoms with Gasteiger partial charge >= 0.3 is 0 Å². The van der Waals surface area contributed by atoms with Crippen LogP contribution in [-0.2, 0) is 6.42 Å². The van der Waals surface area contributed by atoms with Gasteiger partial charge in [0, 0.05) is 0 Å². The van der Waals surface area contributed by atoms with E-state index in [1.165, 1.54) is 5.56 Å². The van der Waals surface area contributed by atoms with Gasteiger partial charge in [0.05, 0.1) is 11.9 Å². The molecule has 0 aliphatic carbocycles. The molecule has 2 aromatic heterocycles. The van der Waals surface area contributed by atoms with Crippen LogP contribution < -0.4 is 11.5 Å². The lowest BCUT2D eigenvalue weighted by Gasteiger charge is -2.02. The predicted octanol–water partition coefficient (Wildman–Crippen LogP) is 2.32. The van der Waals surface area contributed by atoms with E-state index in [1.54, 1.807) is 6.20 Å². The lowest BCUT2D eigenvalue weighted by Crippen LogP contribution is -2.03. The Hall–Kier alpha value is -3.02. The van der Waals surface area contributed by atoms with Gasteiger partial charge in [-0.05, 0) is 23.6 Å². The zero-order valence-electron chi connectivity index (χ0n) is 12.2. The van der Waals surface area contributed by atoms with Crippen LogP contribution in [-0.4, -0.2) is 19.9 Å². The molecule has 22 heavy (non-hydrogen) atoms. The number of anilines is 2. The van der Waals surface area contributed by atoms with Crippen LogP contribution in [0.15, 0.2) is 30.5 Å². The molecule has 0 aliphatic heterocycles. The molecule has 0 radical (unpaired) electrons. The number of nitrogens with zero attached hydrogens (tertiary/aromatic N) is 4. The quantitative estimate of drug-likeness (QED) is 0.767. The van der Waals surface area contributed by atoms with Crippen LogP contribution in [0.5, 0.6) is 0 Å². The van der Waals surface area contributed by atoms with Crippen LogP contribution in [0.1, 0.15) is 23.7 Å². The molecular formula is C16H16N6. The Morgan fingerprint density at radius 1 is 1.00 bits per heavy atom. The molecule has 0 unspecified atom stereocenters. The van der Waals surface area contributed by atoms with Crippen molar-refractivity contribution < 1.29 is 0 Å². The second-order valence-electron chi connectivity index (χ2n) is 4.86. The van der Waals surface area contributed by atoms with Gasteiger partial charge in [0.25, 0.3) is 0 Å². The van der Waals surface area contributed by atoms with Crippen molar-refractivity contribution in [3.05, 3.63) is 47.3 Å². The van der Waals surface area contributed by atoms with Gasteiger partial charge in [-0.1, -0.05) is 37.3 Å². The fourth-order valence-electron chi connectivity index (χ4n) is 2.09. The molecular weight excluding hydrogens is 276 g/mol. The Labute approximate surface area is 127 Å². The van der Waals surface area contributed by atoms with Gasteiger partial charge in [-0.15, -0.1) is 0 Å². The minimum Gasteiger partial charge on any atom is -0.382 e. The van der Waals surface area contributed by atoms with Gasteiger partial charge in [-0.3, -0.25) is 0 Å². The van der Waals surface area contributed by atoms with E-state index in [9.17, 15) is 0 Å². The van der Waals surface area contributed by atoms with Crippen molar-refractivity contribution in [2.75, 3.05) is 11.5 Å². The Bertz CT molecular complexity index is 839. The number of fused-ring (bicyclic) bond motifs is 1. The molecule has 0 atom stereocenters. The monoisotopic (exact) mass is 292 g/mol. The highest BCUT2D eigenvalue weighted by atomic mass is 15.1. The SMILES string of the molecule is CCc1ccc(/C=C/c2cnc3nc(N)nc(N)c3n2)cc1. The molecule has 0 amide bonds. The van der Waals surface area contributed by atoms with Gasteiger partial charge < -0.3 is 11.5 Å². The summed E-state index contributed by atoms with van der Waals surface area (Å²) >= 11 is 0. The van der Waals surface area contributed by atoms with Crippen molar-refractivity contribution in [1.29, 1.82) is 0 Å². The minimum atomic E-state index is 0.0959. The Balaban J connectivity index is 1.91. The Morgan fingerprint density at radius 3 is 2.50 bits per heavy atom. The van der Waals surface area contributed by atoms with Crippen molar-refractivity contribution >= 4 is 35.1 Å². The van der Waals surface area contributed by atoms with Crippen LogP contribution in [0, 0.1) is 0 Å². The smallest absolute Gasteiger partial charge is 0.224 e. The summed E-state index contributed by atoms with van der Waals surface area (Å²) in [7, 11) is 0. The van der Waals surface area contributed by atoms with Crippen molar-refractivity contribution in [2.45, 2.75) is 13.3 Å². The van der Waals surface area contributed by atoms with Crippen molar-refractivity contribution in [1.82, 2.24) is 19.9 Å². The Kier molecular flexibility index (Phi) is 3.65. The van der Waals surface area contributed by atoms with Gasteiger partial charge in [0.2, 0.25) is 5.95 Å². The fraction of sp³-hybridized carbons (Fsp3) is 0.125. The third-order valence-corrected chi connectivity index (χ3v) is 3.30. The molecule has 0 bridgehead atoms. The third-order valence-electron chi connectivity index (χ3n) is 3.30. The van der Waals surface area contributed by atoms with E-state index in [4.69, 9.17) is 11.5 Å². The predicted molar refractivity (Wildman–Crippen MR) is 88.7 cm³/mol. The summed E-state index contributed by atoms with van der Waals surface area (Å²) in [4.78, 5) is 16.5. The number of hydrogen-bond donors (Lipinski definition) is 2. The van der Waals surface area contributed by atoms with Crippen LogP contribution in [0.25, 0.3) is 23.3 Å². The first-order chi connectivity index (χ1) is 10.7. The van der Waals surface area contributed by atoms with Crippen LogP contribution in [0.2, 0.25) is 0 Å². The Morgan fingerprint density at radius 2 is 1.77 bits per heavy atom. The van der Waals surface area contributed by atoms with Crippen molar-refractivity contribution in [3.8, 4) is 0 Å². The lowest BCUT2D eigenvalue weighted by molar-refractivity contribution is 1.14. The highest BCUT2D eigenvalue weighted by Gasteiger charge is 2.06. The normalized spacial score (nSPS) is 11.3. The largest absolute Gasteiger partial charge is 0.382 e. The topological polar surface area (TPSA) is 104 Å². The number of hydrogen-bond acceptors (Lipinski definition) is 6. The van der Waals surface area contributed by atoms with Crippen molar-refractivity contribution in [2.24, 2.45) is 0 Å². The molecule has 4 N–H and O–H groups in total. The summed E-state index contributed by atoms with van der Waals surface area (Å²) in [5.41, 5.74) is 15.3. The summed E-state index contributed by atoms with van der Waals surface area (Å²) in [6.07, 6.45) is 6.51. The molecule has 6 nitrogen and oxygen atoms in total. The number of nitrogens with two attached hydrogens (primary N) is 2. The molecule has 3 rings (SSSR count). The first-order valence-corrected chi connectivity index (χ1v) is 6.98.